The van der Waals surface area contributed by atoms with Crippen molar-refractivity contribution < 1.29 is 14.6 Å². The van der Waals surface area contributed by atoms with E-state index in [0.717, 1.165) is 16.9 Å². The molecule has 3 aromatic rings. The average molecular weight is 340 g/mol. The molecule has 0 unspecified atom stereocenters. The predicted octanol–water partition coefficient (Wildman–Crippen LogP) is 4.68. The van der Waals surface area contributed by atoms with Crippen LogP contribution in [-0.2, 0) is 6.61 Å². The molecule has 2 aromatic carbocycles. The van der Waals surface area contributed by atoms with E-state index in [0.29, 0.717) is 12.2 Å². The van der Waals surface area contributed by atoms with Gasteiger partial charge < -0.3 is 9.84 Å². The van der Waals surface area contributed by atoms with Gasteiger partial charge in [-0.1, -0.05) is 54.1 Å². The number of carboxylic acids is 1. The van der Waals surface area contributed by atoms with Crippen molar-refractivity contribution in [3.05, 3.63) is 83.1 Å². The summed E-state index contributed by atoms with van der Waals surface area (Å²) in [5.74, 6) is -0.361. The summed E-state index contributed by atoms with van der Waals surface area (Å²) >= 11 is 5.79. The molecular weight excluding hydrogens is 326 g/mol. The monoisotopic (exact) mass is 339 g/mol. The molecule has 0 radical (unpaired) electrons. The highest BCUT2D eigenvalue weighted by molar-refractivity contribution is 6.32. The minimum atomic E-state index is -1.10. The molecule has 0 aliphatic heterocycles. The van der Waals surface area contributed by atoms with Crippen LogP contribution in [0.5, 0.6) is 5.75 Å². The second-order valence-electron chi connectivity index (χ2n) is 5.17. The van der Waals surface area contributed by atoms with E-state index in [1.165, 1.54) is 6.07 Å². The van der Waals surface area contributed by atoms with Crippen LogP contribution in [0.4, 0.5) is 0 Å². The van der Waals surface area contributed by atoms with Gasteiger partial charge in [-0.3, -0.25) is 0 Å². The quantitative estimate of drug-likeness (QED) is 0.686. The molecule has 0 aliphatic carbocycles. The summed E-state index contributed by atoms with van der Waals surface area (Å²) in [4.78, 5) is 15.1. The lowest BCUT2D eigenvalue weighted by Gasteiger charge is -2.08. The standard InChI is InChI=1S/C19H14ClNO3/c20-18-17(19(22)23)10-15(11-21-18)14-6-8-16(9-7-14)24-12-13-4-2-1-3-5-13/h1-11H,12H2,(H,22,23). The van der Waals surface area contributed by atoms with Crippen LogP contribution in [-0.4, -0.2) is 16.1 Å². The summed E-state index contributed by atoms with van der Waals surface area (Å²) < 4.78 is 5.73. The number of aromatic carboxylic acids is 1. The van der Waals surface area contributed by atoms with Gasteiger partial charge in [-0.15, -0.1) is 0 Å². The van der Waals surface area contributed by atoms with Crippen molar-refractivity contribution in [1.82, 2.24) is 4.98 Å². The maximum Gasteiger partial charge on any atom is 0.338 e. The highest BCUT2D eigenvalue weighted by Gasteiger charge is 2.11. The first kappa shape index (κ1) is 16.0. The van der Waals surface area contributed by atoms with E-state index in [4.69, 9.17) is 21.4 Å². The second kappa shape index (κ2) is 7.15. The lowest BCUT2D eigenvalue weighted by molar-refractivity contribution is 0.0696. The Morgan fingerprint density at radius 1 is 1.04 bits per heavy atom. The van der Waals surface area contributed by atoms with Gasteiger partial charge in [-0.05, 0) is 29.3 Å². The van der Waals surface area contributed by atoms with E-state index < -0.39 is 5.97 Å². The van der Waals surface area contributed by atoms with E-state index in [2.05, 4.69) is 4.98 Å². The van der Waals surface area contributed by atoms with E-state index in [1.807, 2.05) is 54.6 Å². The Morgan fingerprint density at radius 3 is 2.42 bits per heavy atom. The summed E-state index contributed by atoms with van der Waals surface area (Å²) in [5.41, 5.74) is 2.60. The minimum absolute atomic E-state index is 0.0152. The normalized spacial score (nSPS) is 10.4. The third-order valence-corrected chi connectivity index (χ3v) is 3.81. The van der Waals surface area contributed by atoms with Gasteiger partial charge >= 0.3 is 5.97 Å². The molecule has 5 heteroatoms. The Bertz CT molecular complexity index is 848. The Labute approximate surface area is 144 Å². The lowest BCUT2D eigenvalue weighted by Crippen LogP contribution is -1.99. The lowest BCUT2D eigenvalue weighted by atomic mass is 10.1. The first-order chi connectivity index (χ1) is 11.6. The third kappa shape index (κ3) is 3.73. The van der Waals surface area contributed by atoms with E-state index >= 15 is 0 Å². The Kier molecular flexibility index (Phi) is 4.77. The molecule has 0 saturated heterocycles. The van der Waals surface area contributed by atoms with Gasteiger partial charge in [0.15, 0.2) is 0 Å². The van der Waals surface area contributed by atoms with Gasteiger partial charge in [0.25, 0.3) is 0 Å². The van der Waals surface area contributed by atoms with Gasteiger partial charge in [0.2, 0.25) is 0 Å². The first-order valence-corrected chi connectivity index (χ1v) is 7.67. The SMILES string of the molecule is O=C(O)c1cc(-c2ccc(OCc3ccccc3)cc2)cnc1Cl. The summed E-state index contributed by atoms with van der Waals surface area (Å²) in [5, 5.41) is 9.10. The number of halogens is 1. The Hall–Kier alpha value is -2.85. The molecule has 0 aliphatic rings. The molecule has 120 valence electrons. The third-order valence-electron chi connectivity index (χ3n) is 3.51. The Morgan fingerprint density at radius 2 is 1.75 bits per heavy atom. The van der Waals surface area contributed by atoms with Crippen LogP contribution in [0, 0.1) is 0 Å². The maximum absolute atomic E-state index is 11.1. The number of hydrogen-bond donors (Lipinski definition) is 1. The van der Waals surface area contributed by atoms with Crippen LogP contribution in [0.3, 0.4) is 0 Å². The van der Waals surface area contributed by atoms with Crippen LogP contribution in [0.25, 0.3) is 11.1 Å². The second-order valence-corrected chi connectivity index (χ2v) is 5.52. The molecule has 0 bridgehead atoms. The number of benzene rings is 2. The number of pyridine rings is 1. The zero-order chi connectivity index (χ0) is 16.9. The number of nitrogens with zero attached hydrogens (tertiary/aromatic N) is 1. The van der Waals surface area contributed by atoms with Crippen molar-refractivity contribution >= 4 is 17.6 Å². The van der Waals surface area contributed by atoms with Gasteiger partial charge in [-0.2, -0.15) is 0 Å². The van der Waals surface area contributed by atoms with Gasteiger partial charge in [-0.25, -0.2) is 9.78 Å². The minimum Gasteiger partial charge on any atom is -0.489 e. The van der Waals surface area contributed by atoms with E-state index in [-0.39, 0.29) is 10.7 Å². The van der Waals surface area contributed by atoms with Gasteiger partial charge in [0.05, 0.1) is 5.56 Å². The zero-order valence-electron chi connectivity index (χ0n) is 12.6. The van der Waals surface area contributed by atoms with Crippen LogP contribution in [0.2, 0.25) is 5.15 Å². The first-order valence-electron chi connectivity index (χ1n) is 7.29. The van der Waals surface area contributed by atoms with E-state index in [1.54, 1.807) is 6.20 Å². The molecule has 1 N–H and O–H groups in total. The Balaban J connectivity index is 1.75. The van der Waals surface area contributed by atoms with Crippen LogP contribution in [0.1, 0.15) is 15.9 Å². The van der Waals surface area contributed by atoms with Gasteiger partial charge in [0, 0.05) is 11.8 Å². The molecule has 3 rings (SSSR count). The molecule has 0 saturated carbocycles. The molecule has 0 amide bonds. The summed E-state index contributed by atoms with van der Waals surface area (Å²) in [6, 6.07) is 18.8. The summed E-state index contributed by atoms with van der Waals surface area (Å²) in [7, 11) is 0. The molecular formula is C19H14ClNO3. The van der Waals surface area contributed by atoms with Gasteiger partial charge in [0.1, 0.15) is 17.5 Å². The molecule has 0 atom stereocenters. The number of carboxylic acid groups (broad SMARTS) is 1. The van der Waals surface area contributed by atoms with Crippen molar-refractivity contribution in [2.75, 3.05) is 0 Å². The van der Waals surface area contributed by atoms with Crippen molar-refractivity contribution in [2.45, 2.75) is 6.61 Å². The topological polar surface area (TPSA) is 59.4 Å². The van der Waals surface area contributed by atoms with Crippen LogP contribution < -0.4 is 4.74 Å². The number of carbonyl (C=O) groups is 1. The largest absolute Gasteiger partial charge is 0.489 e. The molecule has 24 heavy (non-hydrogen) atoms. The van der Waals surface area contributed by atoms with Crippen LogP contribution >= 0.6 is 11.6 Å². The molecule has 1 heterocycles. The summed E-state index contributed by atoms with van der Waals surface area (Å²) in [6.45, 7) is 0.492. The number of rotatable bonds is 5. The molecule has 1 aromatic heterocycles. The van der Waals surface area contributed by atoms with E-state index in [9.17, 15) is 4.79 Å². The number of ether oxygens (including phenoxy) is 1. The highest BCUT2D eigenvalue weighted by atomic mass is 35.5. The van der Waals surface area contributed by atoms with Crippen molar-refractivity contribution in [2.24, 2.45) is 0 Å². The predicted molar refractivity (Wildman–Crippen MR) is 92.4 cm³/mol. The van der Waals surface area contributed by atoms with Crippen molar-refractivity contribution in [3.8, 4) is 16.9 Å². The molecule has 0 fully saturated rings. The number of aromatic nitrogens is 1. The number of hydrogen-bond acceptors (Lipinski definition) is 3. The summed E-state index contributed by atoms with van der Waals surface area (Å²) in [6.07, 6.45) is 1.55. The fourth-order valence-corrected chi connectivity index (χ4v) is 2.42. The maximum atomic E-state index is 11.1. The molecule has 4 nitrogen and oxygen atoms in total. The highest BCUT2D eigenvalue weighted by Crippen LogP contribution is 2.25. The van der Waals surface area contributed by atoms with Crippen molar-refractivity contribution in [1.29, 1.82) is 0 Å². The molecule has 0 spiro atoms. The average Bonchev–Trinajstić information content (AvgIpc) is 2.61. The zero-order valence-corrected chi connectivity index (χ0v) is 13.4. The van der Waals surface area contributed by atoms with Crippen molar-refractivity contribution in [3.63, 3.8) is 0 Å². The van der Waals surface area contributed by atoms with Crippen LogP contribution in [0.15, 0.2) is 66.9 Å². The smallest absolute Gasteiger partial charge is 0.338 e. The fourth-order valence-electron chi connectivity index (χ4n) is 2.24. The fraction of sp³-hybridized carbons (Fsp3) is 0.0526.